The highest BCUT2D eigenvalue weighted by Gasteiger charge is 2.45. The molecule has 4 atom stereocenters. The Hall–Kier alpha value is -1.69. The van der Waals surface area contributed by atoms with Gasteiger partial charge in [-0.2, -0.15) is 0 Å². The van der Waals surface area contributed by atoms with Crippen molar-refractivity contribution in [2.45, 2.75) is 37.8 Å². The number of fused-ring (bicyclic) bond motifs is 2. The number of hydrogen-bond donors (Lipinski definition) is 2. The molecule has 0 aliphatic heterocycles. The number of aromatic nitrogens is 4. The van der Waals surface area contributed by atoms with E-state index in [2.05, 4.69) is 19.5 Å². The lowest BCUT2D eigenvalue weighted by Crippen LogP contribution is -2.18. The number of imidazole rings is 1. The molecule has 100 valence electrons. The lowest BCUT2D eigenvalue weighted by molar-refractivity contribution is 0.124. The molecular formula is C13H17N5O. The fourth-order valence-electron chi connectivity index (χ4n) is 4.00. The van der Waals surface area contributed by atoms with Crippen LogP contribution in [0.1, 0.15) is 31.7 Å². The molecule has 2 aromatic heterocycles. The minimum atomic E-state index is -0.121. The molecule has 2 aliphatic rings. The van der Waals surface area contributed by atoms with Gasteiger partial charge in [-0.25, -0.2) is 15.0 Å². The van der Waals surface area contributed by atoms with Crippen molar-refractivity contribution in [1.82, 2.24) is 19.5 Å². The average molecular weight is 259 g/mol. The lowest BCUT2D eigenvalue weighted by atomic mass is 9.96. The summed E-state index contributed by atoms with van der Waals surface area (Å²) in [4.78, 5) is 12.6. The van der Waals surface area contributed by atoms with Gasteiger partial charge in [0.1, 0.15) is 11.8 Å². The van der Waals surface area contributed by atoms with Gasteiger partial charge in [-0.15, -0.1) is 0 Å². The monoisotopic (exact) mass is 259 g/mol. The first-order valence-electron chi connectivity index (χ1n) is 6.87. The topological polar surface area (TPSA) is 89.9 Å². The van der Waals surface area contributed by atoms with Crippen LogP contribution in [0.15, 0.2) is 12.7 Å². The highest BCUT2D eigenvalue weighted by Crippen LogP contribution is 2.50. The molecule has 2 fully saturated rings. The quantitative estimate of drug-likeness (QED) is 0.801. The number of aliphatic hydroxyl groups is 1. The minimum Gasteiger partial charge on any atom is -0.393 e. The number of rotatable bonds is 1. The van der Waals surface area contributed by atoms with Crippen molar-refractivity contribution >= 4 is 17.0 Å². The van der Waals surface area contributed by atoms with E-state index in [-0.39, 0.29) is 6.10 Å². The fourth-order valence-corrected chi connectivity index (χ4v) is 4.00. The molecule has 19 heavy (non-hydrogen) atoms. The molecule has 4 rings (SSSR count). The molecule has 2 saturated carbocycles. The Morgan fingerprint density at radius 3 is 2.84 bits per heavy atom. The van der Waals surface area contributed by atoms with Gasteiger partial charge in [-0.05, 0) is 37.5 Å². The van der Waals surface area contributed by atoms with Gasteiger partial charge in [0.15, 0.2) is 11.5 Å². The van der Waals surface area contributed by atoms with Crippen LogP contribution in [-0.2, 0) is 0 Å². The van der Waals surface area contributed by atoms with Crippen molar-refractivity contribution in [3.8, 4) is 0 Å². The molecule has 6 heteroatoms. The van der Waals surface area contributed by atoms with Crippen LogP contribution in [0, 0.1) is 11.8 Å². The maximum atomic E-state index is 10.0. The Labute approximate surface area is 110 Å². The fraction of sp³-hybridized carbons (Fsp3) is 0.615. The number of nitrogens with zero attached hydrogens (tertiary/aromatic N) is 4. The number of nitrogens with two attached hydrogens (primary N) is 1. The van der Waals surface area contributed by atoms with Crippen molar-refractivity contribution in [3.63, 3.8) is 0 Å². The van der Waals surface area contributed by atoms with Crippen LogP contribution in [0.2, 0.25) is 0 Å². The zero-order valence-corrected chi connectivity index (χ0v) is 10.6. The molecule has 3 N–H and O–H groups in total. The molecule has 0 amide bonds. The first-order chi connectivity index (χ1) is 9.25. The van der Waals surface area contributed by atoms with Crippen LogP contribution in [0.25, 0.3) is 11.2 Å². The summed E-state index contributed by atoms with van der Waals surface area (Å²) in [6, 6.07) is 0.390. The van der Waals surface area contributed by atoms with Crippen LogP contribution in [0.3, 0.4) is 0 Å². The van der Waals surface area contributed by atoms with E-state index in [1.54, 1.807) is 0 Å². The van der Waals surface area contributed by atoms with Gasteiger partial charge in [0.05, 0.1) is 12.4 Å². The number of nitrogen functional groups attached to an aromatic ring is 1. The van der Waals surface area contributed by atoms with Crippen molar-refractivity contribution in [2.75, 3.05) is 5.73 Å². The van der Waals surface area contributed by atoms with Crippen molar-refractivity contribution < 1.29 is 5.11 Å². The SMILES string of the molecule is Nc1ncnc2c1ncn2C1CCC2C(O)CCC21. The van der Waals surface area contributed by atoms with Crippen molar-refractivity contribution in [3.05, 3.63) is 12.7 Å². The van der Waals surface area contributed by atoms with Gasteiger partial charge >= 0.3 is 0 Å². The van der Waals surface area contributed by atoms with E-state index < -0.39 is 0 Å². The number of anilines is 1. The molecule has 6 nitrogen and oxygen atoms in total. The van der Waals surface area contributed by atoms with Crippen molar-refractivity contribution in [2.24, 2.45) is 11.8 Å². The molecule has 2 aliphatic carbocycles. The van der Waals surface area contributed by atoms with E-state index in [1.165, 1.54) is 6.33 Å². The summed E-state index contributed by atoms with van der Waals surface area (Å²) in [7, 11) is 0. The van der Waals surface area contributed by atoms with E-state index >= 15 is 0 Å². The molecule has 0 aromatic carbocycles. The van der Waals surface area contributed by atoms with E-state index in [0.29, 0.717) is 29.2 Å². The van der Waals surface area contributed by atoms with Gasteiger partial charge in [0, 0.05) is 6.04 Å². The van der Waals surface area contributed by atoms with Crippen LogP contribution in [0.4, 0.5) is 5.82 Å². The third-order valence-corrected chi connectivity index (χ3v) is 4.87. The van der Waals surface area contributed by atoms with E-state index in [0.717, 1.165) is 31.3 Å². The van der Waals surface area contributed by atoms with E-state index in [1.807, 2.05) is 6.33 Å². The predicted molar refractivity (Wildman–Crippen MR) is 70.2 cm³/mol. The third-order valence-electron chi connectivity index (χ3n) is 4.87. The molecule has 0 saturated heterocycles. The second-order valence-corrected chi connectivity index (χ2v) is 5.70. The Bertz CT molecular complexity index is 625. The average Bonchev–Trinajstić information content (AvgIpc) is 3.06. The largest absolute Gasteiger partial charge is 0.393 e. The second kappa shape index (κ2) is 3.90. The van der Waals surface area contributed by atoms with Gasteiger partial charge in [-0.1, -0.05) is 0 Å². The van der Waals surface area contributed by atoms with Crippen molar-refractivity contribution in [1.29, 1.82) is 0 Å². The first kappa shape index (κ1) is 11.2. The van der Waals surface area contributed by atoms with Crippen LogP contribution < -0.4 is 5.73 Å². The summed E-state index contributed by atoms with van der Waals surface area (Å²) in [5, 5.41) is 10.0. The molecular weight excluding hydrogens is 242 g/mol. The van der Waals surface area contributed by atoms with Gasteiger partial charge in [0.2, 0.25) is 0 Å². The minimum absolute atomic E-state index is 0.121. The number of aliphatic hydroxyl groups excluding tert-OH is 1. The molecule has 2 heterocycles. The third kappa shape index (κ3) is 1.49. The summed E-state index contributed by atoms with van der Waals surface area (Å²) < 4.78 is 2.13. The Morgan fingerprint density at radius 2 is 1.95 bits per heavy atom. The Morgan fingerprint density at radius 1 is 1.11 bits per heavy atom. The molecule has 0 radical (unpaired) electrons. The van der Waals surface area contributed by atoms with E-state index in [9.17, 15) is 5.11 Å². The zero-order chi connectivity index (χ0) is 13.0. The summed E-state index contributed by atoms with van der Waals surface area (Å²) >= 11 is 0. The zero-order valence-electron chi connectivity index (χ0n) is 10.6. The van der Waals surface area contributed by atoms with Gasteiger partial charge < -0.3 is 15.4 Å². The highest BCUT2D eigenvalue weighted by molar-refractivity contribution is 5.81. The van der Waals surface area contributed by atoms with Crippen LogP contribution in [0.5, 0.6) is 0 Å². The standard InChI is InChI=1S/C13H17N5O/c14-12-11-13(16-5-15-12)18(6-17-11)9-3-1-8-7(9)2-4-10(8)19/h5-10,19H,1-4H2,(H2,14,15,16). The Kier molecular flexibility index (Phi) is 2.29. The maximum absolute atomic E-state index is 10.0. The van der Waals surface area contributed by atoms with Crippen LogP contribution >= 0.6 is 0 Å². The summed E-state index contributed by atoms with van der Waals surface area (Å²) in [6.45, 7) is 0. The molecule has 4 unspecified atom stereocenters. The molecule has 2 aromatic rings. The van der Waals surface area contributed by atoms with E-state index in [4.69, 9.17) is 5.73 Å². The number of hydrogen-bond acceptors (Lipinski definition) is 5. The van der Waals surface area contributed by atoms with Gasteiger partial charge in [-0.3, -0.25) is 0 Å². The molecule has 0 bridgehead atoms. The summed E-state index contributed by atoms with van der Waals surface area (Å²) in [5.74, 6) is 1.43. The second-order valence-electron chi connectivity index (χ2n) is 5.70. The summed E-state index contributed by atoms with van der Waals surface area (Å²) in [6.07, 6.45) is 7.40. The maximum Gasteiger partial charge on any atom is 0.165 e. The van der Waals surface area contributed by atoms with Crippen LogP contribution in [-0.4, -0.2) is 30.7 Å². The predicted octanol–water partition coefficient (Wildman–Crippen LogP) is 1.13. The van der Waals surface area contributed by atoms with Gasteiger partial charge in [0.25, 0.3) is 0 Å². The first-order valence-corrected chi connectivity index (χ1v) is 6.87. The molecule has 0 spiro atoms. The Balaban J connectivity index is 1.77. The highest BCUT2D eigenvalue weighted by atomic mass is 16.3. The normalized spacial score (nSPS) is 33.9. The smallest absolute Gasteiger partial charge is 0.165 e. The lowest BCUT2D eigenvalue weighted by Gasteiger charge is -2.20. The summed E-state index contributed by atoms with van der Waals surface area (Å²) in [5.41, 5.74) is 7.33.